The first-order valence-electron chi connectivity index (χ1n) is 8.34. The minimum absolute atomic E-state index is 0.0309. The van der Waals surface area contributed by atoms with E-state index in [1.54, 1.807) is 12.1 Å². The highest BCUT2D eigenvalue weighted by molar-refractivity contribution is 5.92. The van der Waals surface area contributed by atoms with E-state index < -0.39 is 5.97 Å². The maximum absolute atomic E-state index is 11.7. The first kappa shape index (κ1) is 17.8. The maximum atomic E-state index is 11.7. The third-order valence-corrected chi connectivity index (χ3v) is 4.62. The number of piperazine rings is 1. The van der Waals surface area contributed by atoms with Crippen molar-refractivity contribution in [3.8, 4) is 5.75 Å². The number of carbonyl (C=O) groups excluding carboxylic acids is 1. The Labute approximate surface area is 138 Å². The van der Waals surface area contributed by atoms with Crippen LogP contribution in [0.25, 0.3) is 0 Å². The van der Waals surface area contributed by atoms with Gasteiger partial charge in [-0.15, -0.1) is 0 Å². The topological polar surface area (TPSA) is 53.0 Å². The first-order chi connectivity index (χ1) is 11.0. The molecule has 1 aliphatic rings. The van der Waals surface area contributed by atoms with Crippen LogP contribution in [0.1, 0.15) is 43.1 Å². The highest BCUT2D eigenvalue weighted by Crippen LogP contribution is 2.22. The lowest BCUT2D eigenvalue weighted by Gasteiger charge is -2.43. The van der Waals surface area contributed by atoms with Crippen molar-refractivity contribution in [3.63, 3.8) is 0 Å². The molecule has 1 fully saturated rings. The highest BCUT2D eigenvalue weighted by atomic mass is 16.5. The zero-order valence-corrected chi connectivity index (χ0v) is 14.6. The summed E-state index contributed by atoms with van der Waals surface area (Å²) in [6.45, 7) is 10.6. The average molecular weight is 320 g/mol. The van der Waals surface area contributed by atoms with Gasteiger partial charge in [-0.3, -0.25) is 9.80 Å². The standard InChI is InChI=1S/C18H28N2O3/c1-5-15-12-19(8-9-20(15)13(2)3)11-14-6-7-17(21)16(10-14)18(22)23-4/h6-7,10,13,15,21H,5,8-9,11-12H2,1-4H3/t15-/m0/s1. The number of benzene rings is 1. The molecule has 0 aromatic heterocycles. The Morgan fingerprint density at radius 2 is 2.13 bits per heavy atom. The van der Waals surface area contributed by atoms with Crippen LogP contribution in [0.5, 0.6) is 5.75 Å². The van der Waals surface area contributed by atoms with Gasteiger partial charge in [0.25, 0.3) is 0 Å². The van der Waals surface area contributed by atoms with E-state index in [-0.39, 0.29) is 11.3 Å². The second-order valence-electron chi connectivity index (χ2n) is 6.47. The third kappa shape index (κ3) is 4.24. The van der Waals surface area contributed by atoms with Crippen LogP contribution in [-0.2, 0) is 11.3 Å². The molecule has 0 spiro atoms. The van der Waals surface area contributed by atoms with Crippen molar-refractivity contribution >= 4 is 5.97 Å². The largest absolute Gasteiger partial charge is 0.507 e. The van der Waals surface area contributed by atoms with Crippen molar-refractivity contribution in [2.24, 2.45) is 0 Å². The van der Waals surface area contributed by atoms with Gasteiger partial charge in [-0.05, 0) is 38.0 Å². The fourth-order valence-electron chi connectivity index (χ4n) is 3.33. The summed E-state index contributed by atoms with van der Waals surface area (Å²) in [7, 11) is 1.32. The van der Waals surface area contributed by atoms with Crippen LogP contribution in [0.15, 0.2) is 18.2 Å². The second kappa shape index (κ2) is 7.79. The molecule has 128 valence electrons. The van der Waals surface area contributed by atoms with Crippen molar-refractivity contribution in [1.82, 2.24) is 9.80 Å². The van der Waals surface area contributed by atoms with E-state index in [1.807, 2.05) is 6.07 Å². The zero-order valence-electron chi connectivity index (χ0n) is 14.6. The molecule has 23 heavy (non-hydrogen) atoms. The maximum Gasteiger partial charge on any atom is 0.341 e. The molecule has 2 rings (SSSR count). The molecule has 5 heteroatoms. The minimum Gasteiger partial charge on any atom is -0.507 e. The molecule has 5 nitrogen and oxygen atoms in total. The molecule has 0 bridgehead atoms. The van der Waals surface area contributed by atoms with E-state index in [1.165, 1.54) is 7.11 Å². The highest BCUT2D eigenvalue weighted by Gasteiger charge is 2.27. The van der Waals surface area contributed by atoms with Gasteiger partial charge >= 0.3 is 5.97 Å². The predicted molar refractivity (Wildman–Crippen MR) is 90.6 cm³/mol. The number of methoxy groups -OCH3 is 1. The molecule has 1 aromatic carbocycles. The number of carbonyl (C=O) groups is 1. The number of phenolic OH excluding ortho intramolecular Hbond substituents is 1. The summed E-state index contributed by atoms with van der Waals surface area (Å²) in [5.41, 5.74) is 1.26. The summed E-state index contributed by atoms with van der Waals surface area (Å²) in [5, 5.41) is 9.80. The molecular weight excluding hydrogens is 292 g/mol. The van der Waals surface area contributed by atoms with Crippen molar-refractivity contribution in [1.29, 1.82) is 0 Å². The van der Waals surface area contributed by atoms with Crippen LogP contribution in [-0.4, -0.2) is 59.7 Å². The van der Waals surface area contributed by atoms with Gasteiger partial charge in [0, 0.05) is 38.3 Å². The lowest BCUT2D eigenvalue weighted by molar-refractivity contribution is 0.0455. The van der Waals surface area contributed by atoms with Crippen molar-refractivity contribution in [2.75, 3.05) is 26.7 Å². The van der Waals surface area contributed by atoms with Gasteiger partial charge in [0.2, 0.25) is 0 Å². The molecule has 1 N–H and O–H groups in total. The molecule has 0 unspecified atom stereocenters. The number of ether oxygens (including phenoxy) is 1. The van der Waals surface area contributed by atoms with E-state index in [4.69, 9.17) is 4.74 Å². The molecule has 0 saturated carbocycles. The fourth-order valence-corrected chi connectivity index (χ4v) is 3.33. The van der Waals surface area contributed by atoms with Crippen LogP contribution in [0.4, 0.5) is 0 Å². The van der Waals surface area contributed by atoms with Crippen LogP contribution in [0, 0.1) is 0 Å². The van der Waals surface area contributed by atoms with Gasteiger partial charge in [-0.25, -0.2) is 4.79 Å². The van der Waals surface area contributed by atoms with Gasteiger partial charge in [0.1, 0.15) is 11.3 Å². The van der Waals surface area contributed by atoms with E-state index in [0.29, 0.717) is 12.1 Å². The first-order valence-corrected chi connectivity index (χ1v) is 8.34. The van der Waals surface area contributed by atoms with Gasteiger partial charge in [0.15, 0.2) is 0 Å². The normalized spacial score (nSPS) is 20.0. The monoisotopic (exact) mass is 320 g/mol. The summed E-state index contributed by atoms with van der Waals surface area (Å²) >= 11 is 0. The number of esters is 1. The lowest BCUT2D eigenvalue weighted by Crippen LogP contribution is -2.54. The summed E-state index contributed by atoms with van der Waals surface area (Å²) in [6.07, 6.45) is 1.14. The number of hydrogen-bond acceptors (Lipinski definition) is 5. The molecule has 1 aliphatic heterocycles. The molecule has 1 heterocycles. The van der Waals surface area contributed by atoms with Crippen molar-refractivity contribution < 1.29 is 14.6 Å². The fraction of sp³-hybridized carbons (Fsp3) is 0.611. The number of hydrogen-bond donors (Lipinski definition) is 1. The number of aromatic hydroxyl groups is 1. The van der Waals surface area contributed by atoms with Crippen LogP contribution >= 0.6 is 0 Å². The Hall–Kier alpha value is -1.59. The van der Waals surface area contributed by atoms with Crippen molar-refractivity contribution in [3.05, 3.63) is 29.3 Å². The summed E-state index contributed by atoms with van der Waals surface area (Å²) < 4.78 is 4.72. The second-order valence-corrected chi connectivity index (χ2v) is 6.47. The van der Waals surface area contributed by atoms with E-state index in [0.717, 1.165) is 38.2 Å². The molecule has 1 atom stereocenters. The molecule has 1 saturated heterocycles. The minimum atomic E-state index is -0.500. The van der Waals surface area contributed by atoms with E-state index in [9.17, 15) is 9.90 Å². The smallest absolute Gasteiger partial charge is 0.341 e. The molecule has 0 aliphatic carbocycles. The Kier molecular flexibility index (Phi) is 6.02. The van der Waals surface area contributed by atoms with Crippen LogP contribution in [0.2, 0.25) is 0 Å². The quantitative estimate of drug-likeness (QED) is 0.845. The lowest BCUT2D eigenvalue weighted by atomic mass is 10.0. The van der Waals surface area contributed by atoms with Gasteiger partial charge in [0.05, 0.1) is 7.11 Å². The SMILES string of the molecule is CC[C@H]1CN(Cc2ccc(O)c(C(=O)OC)c2)CCN1C(C)C. The Bertz CT molecular complexity index is 545. The molecule has 1 aromatic rings. The third-order valence-electron chi connectivity index (χ3n) is 4.62. The summed E-state index contributed by atoms with van der Waals surface area (Å²) in [5.74, 6) is -0.530. The van der Waals surface area contributed by atoms with Gasteiger partial charge < -0.3 is 9.84 Å². The van der Waals surface area contributed by atoms with Crippen LogP contribution < -0.4 is 0 Å². The number of nitrogens with zero attached hydrogens (tertiary/aromatic N) is 2. The Morgan fingerprint density at radius 3 is 2.74 bits per heavy atom. The van der Waals surface area contributed by atoms with E-state index >= 15 is 0 Å². The van der Waals surface area contributed by atoms with E-state index in [2.05, 4.69) is 30.6 Å². The number of phenols is 1. The number of rotatable bonds is 5. The predicted octanol–water partition coefficient (Wildman–Crippen LogP) is 2.48. The average Bonchev–Trinajstić information content (AvgIpc) is 2.55. The van der Waals surface area contributed by atoms with Gasteiger partial charge in [-0.1, -0.05) is 13.0 Å². The van der Waals surface area contributed by atoms with Crippen molar-refractivity contribution in [2.45, 2.75) is 45.8 Å². The molecule has 0 amide bonds. The summed E-state index contributed by atoms with van der Waals surface area (Å²) in [4.78, 5) is 16.7. The van der Waals surface area contributed by atoms with Gasteiger partial charge in [-0.2, -0.15) is 0 Å². The molecular formula is C18H28N2O3. The Morgan fingerprint density at radius 1 is 1.39 bits per heavy atom. The van der Waals surface area contributed by atoms with Crippen LogP contribution in [0.3, 0.4) is 0 Å². The zero-order chi connectivity index (χ0) is 17.0. The molecule has 0 radical (unpaired) electrons. The summed E-state index contributed by atoms with van der Waals surface area (Å²) in [6, 6.07) is 6.32. The Balaban J connectivity index is 2.07.